The highest BCUT2D eigenvalue weighted by Gasteiger charge is 2.23. The summed E-state index contributed by atoms with van der Waals surface area (Å²) in [6, 6.07) is 0. The van der Waals surface area contributed by atoms with Crippen LogP contribution in [-0.4, -0.2) is 27.9 Å². The van der Waals surface area contributed by atoms with Gasteiger partial charge in [-0.15, -0.1) is 11.3 Å². The third-order valence-corrected chi connectivity index (χ3v) is 3.80. The lowest BCUT2D eigenvalue weighted by atomic mass is 10.1. The number of ether oxygens (including phenoxy) is 1. The van der Waals surface area contributed by atoms with Crippen molar-refractivity contribution in [2.24, 2.45) is 7.05 Å². The molecule has 3 rings (SSSR count). The Morgan fingerprint density at radius 3 is 3.39 bits per heavy atom. The molecule has 0 saturated heterocycles. The first-order valence-corrected chi connectivity index (χ1v) is 6.94. The van der Waals surface area contributed by atoms with Crippen LogP contribution in [0.1, 0.15) is 22.4 Å². The highest BCUT2D eigenvalue weighted by atomic mass is 32.1. The van der Waals surface area contributed by atoms with Gasteiger partial charge in [0.1, 0.15) is 11.1 Å². The fourth-order valence-corrected chi connectivity index (χ4v) is 2.80. The van der Waals surface area contributed by atoms with Crippen LogP contribution in [0.5, 0.6) is 0 Å². The van der Waals surface area contributed by atoms with Gasteiger partial charge in [0, 0.05) is 37.9 Å². The van der Waals surface area contributed by atoms with E-state index >= 15 is 0 Å². The van der Waals surface area contributed by atoms with Crippen LogP contribution in [0.25, 0.3) is 0 Å². The highest BCUT2D eigenvalue weighted by molar-refractivity contribution is 7.09. The Morgan fingerprint density at radius 2 is 2.56 bits per heavy atom. The summed E-state index contributed by atoms with van der Waals surface area (Å²) < 4.78 is 7.65. The molecular formula is C12H16N4OS. The van der Waals surface area contributed by atoms with E-state index in [1.807, 2.05) is 23.3 Å². The van der Waals surface area contributed by atoms with Crippen molar-refractivity contribution in [2.45, 2.75) is 19.1 Å². The van der Waals surface area contributed by atoms with Gasteiger partial charge in [0.15, 0.2) is 0 Å². The van der Waals surface area contributed by atoms with Crippen LogP contribution >= 0.6 is 11.3 Å². The summed E-state index contributed by atoms with van der Waals surface area (Å²) in [5.41, 5.74) is 2.39. The zero-order valence-electron chi connectivity index (χ0n) is 10.3. The van der Waals surface area contributed by atoms with Crippen LogP contribution in [-0.2, 0) is 24.8 Å². The number of thiazole rings is 1. The Balaban J connectivity index is 1.60. The molecule has 0 amide bonds. The van der Waals surface area contributed by atoms with E-state index in [-0.39, 0.29) is 6.10 Å². The van der Waals surface area contributed by atoms with E-state index in [0.29, 0.717) is 0 Å². The average Bonchev–Trinajstić information content (AvgIpc) is 2.97. The van der Waals surface area contributed by atoms with Gasteiger partial charge in [-0.1, -0.05) is 0 Å². The van der Waals surface area contributed by atoms with Gasteiger partial charge in [0.25, 0.3) is 0 Å². The van der Waals surface area contributed by atoms with Gasteiger partial charge in [0.05, 0.1) is 12.3 Å². The average molecular weight is 264 g/mol. The Labute approximate surface area is 110 Å². The lowest BCUT2D eigenvalue weighted by molar-refractivity contribution is 0.0393. The summed E-state index contributed by atoms with van der Waals surface area (Å²) in [6.45, 7) is 2.35. The molecule has 0 aromatic carbocycles. The maximum absolute atomic E-state index is 5.78. The first-order valence-electron chi connectivity index (χ1n) is 6.06. The van der Waals surface area contributed by atoms with Crippen LogP contribution in [0.4, 0.5) is 0 Å². The fourth-order valence-electron chi connectivity index (χ4n) is 2.21. The van der Waals surface area contributed by atoms with Crippen molar-refractivity contribution in [2.75, 3.05) is 13.2 Å². The van der Waals surface area contributed by atoms with Gasteiger partial charge in [-0.25, -0.2) is 4.98 Å². The molecule has 0 unspecified atom stereocenters. The molecule has 1 atom stereocenters. The zero-order chi connectivity index (χ0) is 12.4. The monoisotopic (exact) mass is 264 g/mol. The second-order valence-corrected chi connectivity index (χ2v) is 5.36. The fraction of sp³-hybridized carbons (Fsp3) is 0.500. The summed E-state index contributed by atoms with van der Waals surface area (Å²) in [6.07, 6.45) is 4.95. The molecule has 1 aliphatic heterocycles. The van der Waals surface area contributed by atoms with Crippen molar-refractivity contribution in [3.8, 4) is 0 Å². The van der Waals surface area contributed by atoms with E-state index in [1.165, 1.54) is 5.56 Å². The number of nitrogens with one attached hydrogen (secondary N) is 1. The van der Waals surface area contributed by atoms with Gasteiger partial charge in [-0.05, 0) is 12.0 Å². The molecular weight excluding hydrogens is 248 g/mol. The summed E-state index contributed by atoms with van der Waals surface area (Å²) in [4.78, 5) is 4.24. The largest absolute Gasteiger partial charge is 0.370 e. The topological polar surface area (TPSA) is 52.0 Å². The SMILES string of the molecule is Cn1cc2c(n1)[C@@H](CNCc1nccs1)OCC2. The van der Waals surface area contributed by atoms with E-state index in [2.05, 4.69) is 21.6 Å². The molecule has 1 aliphatic rings. The number of nitrogens with zero attached hydrogens (tertiary/aromatic N) is 3. The maximum atomic E-state index is 5.78. The summed E-state index contributed by atoms with van der Waals surface area (Å²) >= 11 is 1.67. The minimum atomic E-state index is 0.0647. The van der Waals surface area contributed by atoms with Crippen molar-refractivity contribution in [3.05, 3.63) is 34.0 Å². The minimum absolute atomic E-state index is 0.0647. The van der Waals surface area contributed by atoms with Crippen molar-refractivity contribution in [1.29, 1.82) is 0 Å². The van der Waals surface area contributed by atoms with Crippen LogP contribution < -0.4 is 5.32 Å². The maximum Gasteiger partial charge on any atom is 0.114 e. The first kappa shape index (κ1) is 11.8. The van der Waals surface area contributed by atoms with Gasteiger partial charge in [-0.3, -0.25) is 4.68 Å². The van der Waals surface area contributed by atoms with E-state index in [0.717, 1.165) is 36.8 Å². The first-order chi connectivity index (χ1) is 8.83. The highest BCUT2D eigenvalue weighted by Crippen LogP contribution is 2.24. The molecule has 0 saturated carbocycles. The Kier molecular flexibility index (Phi) is 3.40. The Bertz CT molecular complexity index is 508. The predicted molar refractivity (Wildman–Crippen MR) is 69.4 cm³/mol. The third-order valence-electron chi connectivity index (χ3n) is 3.02. The molecule has 96 valence electrons. The predicted octanol–water partition coefficient (Wildman–Crippen LogP) is 1.28. The van der Waals surface area contributed by atoms with Gasteiger partial charge in [0.2, 0.25) is 0 Å². The summed E-state index contributed by atoms with van der Waals surface area (Å²) in [5.74, 6) is 0. The molecule has 0 fully saturated rings. The smallest absolute Gasteiger partial charge is 0.114 e. The van der Waals surface area contributed by atoms with E-state index < -0.39 is 0 Å². The molecule has 0 aliphatic carbocycles. The lowest BCUT2D eigenvalue weighted by Gasteiger charge is -2.22. The molecule has 2 aromatic rings. The van der Waals surface area contributed by atoms with Gasteiger partial charge < -0.3 is 10.1 Å². The van der Waals surface area contributed by atoms with Crippen molar-refractivity contribution >= 4 is 11.3 Å². The molecule has 6 heteroatoms. The van der Waals surface area contributed by atoms with Gasteiger partial charge in [-0.2, -0.15) is 5.10 Å². The Morgan fingerprint density at radius 1 is 1.61 bits per heavy atom. The van der Waals surface area contributed by atoms with E-state index in [1.54, 1.807) is 11.3 Å². The van der Waals surface area contributed by atoms with Gasteiger partial charge >= 0.3 is 0 Å². The molecule has 2 aromatic heterocycles. The minimum Gasteiger partial charge on any atom is -0.370 e. The number of fused-ring (bicyclic) bond motifs is 1. The summed E-state index contributed by atoms with van der Waals surface area (Å²) in [5, 5.41) is 11.0. The molecule has 3 heterocycles. The van der Waals surface area contributed by atoms with E-state index in [4.69, 9.17) is 4.74 Å². The molecule has 0 bridgehead atoms. The lowest BCUT2D eigenvalue weighted by Crippen LogP contribution is -2.27. The van der Waals surface area contributed by atoms with Crippen LogP contribution in [0, 0.1) is 0 Å². The number of aryl methyl sites for hydroxylation is 1. The number of aromatic nitrogens is 3. The molecule has 5 nitrogen and oxygen atoms in total. The van der Waals surface area contributed by atoms with Crippen LogP contribution in [0.2, 0.25) is 0 Å². The second kappa shape index (κ2) is 5.17. The second-order valence-electron chi connectivity index (χ2n) is 4.38. The van der Waals surface area contributed by atoms with Crippen molar-refractivity contribution in [1.82, 2.24) is 20.1 Å². The quantitative estimate of drug-likeness (QED) is 0.904. The molecule has 0 radical (unpaired) electrons. The normalized spacial score (nSPS) is 18.8. The number of hydrogen-bond donors (Lipinski definition) is 1. The molecule has 1 N–H and O–H groups in total. The van der Waals surface area contributed by atoms with Crippen molar-refractivity contribution in [3.63, 3.8) is 0 Å². The van der Waals surface area contributed by atoms with Crippen LogP contribution in [0.3, 0.4) is 0 Å². The Hall–Kier alpha value is -1.24. The van der Waals surface area contributed by atoms with Crippen molar-refractivity contribution < 1.29 is 4.74 Å². The van der Waals surface area contributed by atoms with E-state index in [9.17, 15) is 0 Å². The standard InChI is InChI=1S/C12H16N4OS/c1-16-8-9-2-4-17-10(12(9)15-16)6-13-7-11-14-3-5-18-11/h3,5,8,10,13H,2,4,6-7H2,1H3/t10-/m1/s1. The molecule has 18 heavy (non-hydrogen) atoms. The zero-order valence-corrected chi connectivity index (χ0v) is 11.1. The summed E-state index contributed by atoms with van der Waals surface area (Å²) in [7, 11) is 1.96. The molecule has 0 spiro atoms. The number of rotatable bonds is 4. The number of hydrogen-bond acceptors (Lipinski definition) is 5. The van der Waals surface area contributed by atoms with Crippen LogP contribution in [0.15, 0.2) is 17.8 Å². The third kappa shape index (κ3) is 2.45.